The van der Waals surface area contributed by atoms with Crippen molar-refractivity contribution < 1.29 is 0 Å². The summed E-state index contributed by atoms with van der Waals surface area (Å²) in [5.74, 6) is 0. The highest BCUT2D eigenvalue weighted by atomic mass is 14.3. The molecule has 1 aromatic rings. The Morgan fingerprint density at radius 2 is 1.86 bits per heavy atom. The molecular formula is C14H20. The fourth-order valence-corrected chi connectivity index (χ4v) is 1.91. The van der Waals surface area contributed by atoms with Gasteiger partial charge in [0.05, 0.1) is 0 Å². The van der Waals surface area contributed by atoms with Crippen molar-refractivity contribution in [3.8, 4) is 0 Å². The fraction of sp³-hybridized carbons (Fsp3) is 0.429. The third-order valence-electron chi connectivity index (χ3n) is 3.13. The van der Waals surface area contributed by atoms with Gasteiger partial charge in [-0.2, -0.15) is 0 Å². The standard InChI is InChI=1S/C14H20/c1-6-12(3)14(4,5)13-10-8-7-9-11(13)2/h7-10H,3,6H2,1-2,4-5H3. The van der Waals surface area contributed by atoms with Crippen molar-refractivity contribution in [2.24, 2.45) is 0 Å². The first-order valence-corrected chi connectivity index (χ1v) is 5.24. The van der Waals surface area contributed by atoms with Crippen molar-refractivity contribution in [3.63, 3.8) is 0 Å². The summed E-state index contributed by atoms with van der Waals surface area (Å²) in [4.78, 5) is 0. The molecule has 0 heterocycles. The molecule has 0 amide bonds. The van der Waals surface area contributed by atoms with Gasteiger partial charge in [-0.1, -0.05) is 57.2 Å². The van der Waals surface area contributed by atoms with Gasteiger partial charge in [0, 0.05) is 5.41 Å². The second kappa shape index (κ2) is 4.00. The first-order valence-electron chi connectivity index (χ1n) is 5.24. The third-order valence-corrected chi connectivity index (χ3v) is 3.13. The number of aryl methyl sites for hydroxylation is 1. The molecule has 1 aromatic carbocycles. The Morgan fingerprint density at radius 1 is 1.29 bits per heavy atom. The fourth-order valence-electron chi connectivity index (χ4n) is 1.91. The highest BCUT2D eigenvalue weighted by Crippen LogP contribution is 2.33. The van der Waals surface area contributed by atoms with Crippen LogP contribution >= 0.6 is 0 Å². The Hall–Kier alpha value is -1.04. The molecule has 0 saturated heterocycles. The lowest BCUT2D eigenvalue weighted by Crippen LogP contribution is -2.20. The molecule has 0 aromatic heterocycles. The topological polar surface area (TPSA) is 0 Å². The first kappa shape index (κ1) is 11.0. The van der Waals surface area contributed by atoms with E-state index in [9.17, 15) is 0 Å². The van der Waals surface area contributed by atoms with Crippen LogP contribution in [0.2, 0.25) is 0 Å². The summed E-state index contributed by atoms with van der Waals surface area (Å²) in [7, 11) is 0. The second-order valence-electron chi connectivity index (χ2n) is 4.40. The lowest BCUT2D eigenvalue weighted by Gasteiger charge is -2.29. The van der Waals surface area contributed by atoms with Crippen LogP contribution in [0, 0.1) is 6.92 Å². The van der Waals surface area contributed by atoms with Crippen LogP contribution in [-0.4, -0.2) is 0 Å². The molecule has 0 heteroatoms. The molecule has 0 aliphatic heterocycles. The average Bonchev–Trinajstić information content (AvgIpc) is 2.17. The summed E-state index contributed by atoms with van der Waals surface area (Å²) in [6.45, 7) is 13.0. The number of benzene rings is 1. The van der Waals surface area contributed by atoms with Gasteiger partial charge in [-0.25, -0.2) is 0 Å². The molecule has 76 valence electrons. The van der Waals surface area contributed by atoms with E-state index in [1.165, 1.54) is 16.7 Å². The van der Waals surface area contributed by atoms with E-state index in [0.29, 0.717) is 0 Å². The van der Waals surface area contributed by atoms with Crippen molar-refractivity contribution in [2.45, 2.75) is 39.5 Å². The maximum Gasteiger partial charge on any atom is 0.0105 e. The van der Waals surface area contributed by atoms with Gasteiger partial charge in [0.1, 0.15) is 0 Å². The minimum atomic E-state index is 0.0973. The molecule has 0 aliphatic rings. The molecule has 0 unspecified atom stereocenters. The average molecular weight is 188 g/mol. The maximum atomic E-state index is 4.16. The normalized spacial score (nSPS) is 11.4. The van der Waals surface area contributed by atoms with Gasteiger partial charge >= 0.3 is 0 Å². The molecule has 0 bridgehead atoms. The zero-order valence-electron chi connectivity index (χ0n) is 9.72. The maximum absolute atomic E-state index is 4.16. The van der Waals surface area contributed by atoms with E-state index in [1.54, 1.807) is 0 Å². The largest absolute Gasteiger partial charge is 0.0990 e. The Balaban J connectivity index is 3.16. The predicted molar refractivity (Wildman–Crippen MR) is 63.6 cm³/mol. The molecule has 0 nitrogen and oxygen atoms in total. The van der Waals surface area contributed by atoms with Gasteiger partial charge < -0.3 is 0 Å². The number of hydrogen-bond donors (Lipinski definition) is 0. The SMILES string of the molecule is C=C(CC)C(C)(C)c1ccccc1C. The van der Waals surface area contributed by atoms with Crippen molar-refractivity contribution in [2.75, 3.05) is 0 Å². The van der Waals surface area contributed by atoms with E-state index in [4.69, 9.17) is 0 Å². The summed E-state index contributed by atoms with van der Waals surface area (Å²) < 4.78 is 0. The summed E-state index contributed by atoms with van der Waals surface area (Å²) in [6.07, 6.45) is 1.04. The molecule has 14 heavy (non-hydrogen) atoms. The van der Waals surface area contributed by atoms with Gasteiger partial charge in [-0.05, 0) is 24.5 Å². The molecule has 0 saturated carbocycles. The Morgan fingerprint density at radius 3 is 2.36 bits per heavy atom. The van der Waals surface area contributed by atoms with E-state index in [2.05, 4.69) is 58.5 Å². The van der Waals surface area contributed by atoms with Crippen LogP contribution in [0.15, 0.2) is 36.4 Å². The quantitative estimate of drug-likeness (QED) is 0.622. The molecule has 0 atom stereocenters. The molecule has 0 fully saturated rings. The van der Waals surface area contributed by atoms with Crippen LogP contribution in [0.25, 0.3) is 0 Å². The van der Waals surface area contributed by atoms with Crippen molar-refractivity contribution in [1.29, 1.82) is 0 Å². The van der Waals surface area contributed by atoms with Gasteiger partial charge in [0.2, 0.25) is 0 Å². The lowest BCUT2D eigenvalue weighted by molar-refractivity contribution is 0.600. The van der Waals surface area contributed by atoms with Crippen LogP contribution in [0.5, 0.6) is 0 Å². The molecule has 0 radical (unpaired) electrons. The Labute approximate surface area is 87.7 Å². The van der Waals surface area contributed by atoms with Crippen molar-refractivity contribution in [1.82, 2.24) is 0 Å². The zero-order valence-corrected chi connectivity index (χ0v) is 9.72. The van der Waals surface area contributed by atoms with Crippen LogP contribution in [-0.2, 0) is 5.41 Å². The highest BCUT2D eigenvalue weighted by Gasteiger charge is 2.23. The van der Waals surface area contributed by atoms with E-state index >= 15 is 0 Å². The summed E-state index contributed by atoms with van der Waals surface area (Å²) >= 11 is 0. The number of rotatable bonds is 3. The smallest absolute Gasteiger partial charge is 0.0105 e. The van der Waals surface area contributed by atoms with E-state index in [-0.39, 0.29) is 5.41 Å². The minimum absolute atomic E-state index is 0.0973. The molecule has 0 spiro atoms. The van der Waals surface area contributed by atoms with Crippen molar-refractivity contribution >= 4 is 0 Å². The van der Waals surface area contributed by atoms with E-state index in [0.717, 1.165) is 6.42 Å². The number of allylic oxidation sites excluding steroid dienone is 1. The van der Waals surface area contributed by atoms with Crippen LogP contribution < -0.4 is 0 Å². The summed E-state index contributed by atoms with van der Waals surface area (Å²) in [5, 5.41) is 0. The molecule has 1 rings (SSSR count). The lowest BCUT2D eigenvalue weighted by atomic mass is 9.75. The minimum Gasteiger partial charge on any atom is -0.0990 e. The summed E-state index contributed by atoms with van der Waals surface area (Å²) in [6, 6.07) is 8.56. The van der Waals surface area contributed by atoms with Crippen molar-refractivity contribution in [3.05, 3.63) is 47.5 Å². The van der Waals surface area contributed by atoms with Crippen LogP contribution in [0.3, 0.4) is 0 Å². The van der Waals surface area contributed by atoms with Gasteiger partial charge in [-0.15, -0.1) is 0 Å². The van der Waals surface area contributed by atoms with Crippen LogP contribution in [0.1, 0.15) is 38.3 Å². The highest BCUT2D eigenvalue weighted by molar-refractivity contribution is 5.38. The predicted octanol–water partition coefficient (Wildman–Crippen LogP) is 4.24. The zero-order chi connectivity index (χ0) is 10.8. The second-order valence-corrected chi connectivity index (χ2v) is 4.40. The number of hydrogen-bond acceptors (Lipinski definition) is 0. The third kappa shape index (κ3) is 1.89. The van der Waals surface area contributed by atoms with Gasteiger partial charge in [0.25, 0.3) is 0 Å². The van der Waals surface area contributed by atoms with E-state index < -0.39 is 0 Å². The Bertz CT molecular complexity index is 332. The molecular weight excluding hydrogens is 168 g/mol. The Kier molecular flexibility index (Phi) is 3.15. The monoisotopic (exact) mass is 188 g/mol. The molecule has 0 aliphatic carbocycles. The molecule has 0 N–H and O–H groups in total. The first-order chi connectivity index (χ1) is 6.50. The summed E-state index contributed by atoms with van der Waals surface area (Å²) in [5.41, 5.74) is 4.14. The van der Waals surface area contributed by atoms with Crippen LogP contribution in [0.4, 0.5) is 0 Å². The van der Waals surface area contributed by atoms with Gasteiger partial charge in [0.15, 0.2) is 0 Å². The van der Waals surface area contributed by atoms with E-state index in [1.807, 2.05) is 0 Å². The van der Waals surface area contributed by atoms with Gasteiger partial charge in [-0.3, -0.25) is 0 Å².